The summed E-state index contributed by atoms with van der Waals surface area (Å²) in [5.41, 5.74) is 5.19. The lowest BCUT2D eigenvalue weighted by Crippen LogP contribution is -2.27. The van der Waals surface area contributed by atoms with E-state index in [-0.39, 0.29) is 26.4 Å². The van der Waals surface area contributed by atoms with Crippen molar-refractivity contribution < 1.29 is 32.8 Å². The van der Waals surface area contributed by atoms with Crippen LogP contribution in [-0.4, -0.2) is 49.9 Å². The van der Waals surface area contributed by atoms with Gasteiger partial charge in [-0.2, -0.15) is 0 Å². The summed E-state index contributed by atoms with van der Waals surface area (Å²) in [5.74, 6) is -0.510. The Balaban J connectivity index is 3.92. The largest absolute Gasteiger partial charge is 0.472 e. The Morgan fingerprint density at radius 2 is 1.68 bits per heavy atom. The number of hydrogen-bond donors (Lipinski definition) is 2. The summed E-state index contributed by atoms with van der Waals surface area (Å²) in [6.07, 6.45) is 7.49. The minimum Gasteiger partial charge on any atom is -0.458 e. The van der Waals surface area contributed by atoms with Crippen molar-refractivity contribution in [2.45, 2.75) is 64.9 Å². The summed E-state index contributed by atoms with van der Waals surface area (Å²) in [7, 11) is -4.20. The monoisotopic (exact) mass is 383 g/mol. The summed E-state index contributed by atoms with van der Waals surface area (Å²) in [5, 5.41) is 0. The molecular formula is C16H34NO7P. The normalized spacial score (nSPS) is 14.9. The minimum absolute atomic E-state index is 0.0965. The first-order valence-corrected chi connectivity index (χ1v) is 10.5. The van der Waals surface area contributed by atoms with Gasteiger partial charge in [0.05, 0.1) is 19.8 Å². The highest BCUT2D eigenvalue weighted by Crippen LogP contribution is 2.42. The lowest BCUT2D eigenvalue weighted by Gasteiger charge is -2.19. The third-order valence-corrected chi connectivity index (χ3v) is 4.31. The van der Waals surface area contributed by atoms with E-state index in [4.69, 9.17) is 19.7 Å². The van der Waals surface area contributed by atoms with Gasteiger partial charge in [-0.3, -0.25) is 13.8 Å². The highest BCUT2D eigenvalue weighted by Gasteiger charge is 2.24. The molecular weight excluding hydrogens is 349 g/mol. The molecule has 0 amide bonds. The maximum Gasteiger partial charge on any atom is 0.472 e. The number of phosphoric ester groups is 1. The molecule has 0 aromatic rings. The van der Waals surface area contributed by atoms with E-state index >= 15 is 0 Å². The maximum atomic E-state index is 11.6. The number of rotatable bonds is 17. The zero-order chi connectivity index (χ0) is 19.0. The third kappa shape index (κ3) is 16.7. The Bertz CT molecular complexity index is 381. The Labute approximate surface area is 151 Å². The van der Waals surface area contributed by atoms with Crippen molar-refractivity contribution in [3.05, 3.63) is 0 Å². The minimum atomic E-state index is -4.20. The van der Waals surface area contributed by atoms with Crippen molar-refractivity contribution in [1.82, 2.24) is 0 Å². The van der Waals surface area contributed by atoms with Gasteiger partial charge in [0, 0.05) is 20.1 Å². The van der Waals surface area contributed by atoms with Crippen LogP contribution in [0.1, 0.15) is 58.8 Å². The summed E-state index contributed by atoms with van der Waals surface area (Å²) in [6.45, 7) is 3.82. The van der Waals surface area contributed by atoms with Crippen molar-refractivity contribution in [2.75, 3.05) is 33.0 Å². The molecule has 0 radical (unpaired) electrons. The van der Waals surface area contributed by atoms with Crippen molar-refractivity contribution in [1.29, 1.82) is 0 Å². The molecule has 0 aromatic heterocycles. The van der Waals surface area contributed by atoms with Crippen LogP contribution in [0, 0.1) is 0 Å². The highest BCUT2D eigenvalue weighted by atomic mass is 31.2. The van der Waals surface area contributed by atoms with Gasteiger partial charge in [-0.05, 0) is 6.42 Å². The van der Waals surface area contributed by atoms with Gasteiger partial charge >= 0.3 is 13.8 Å². The van der Waals surface area contributed by atoms with Crippen LogP contribution in [0.4, 0.5) is 0 Å². The number of esters is 1. The Morgan fingerprint density at radius 1 is 1.04 bits per heavy atom. The zero-order valence-corrected chi connectivity index (χ0v) is 16.4. The van der Waals surface area contributed by atoms with Gasteiger partial charge in [-0.1, -0.05) is 45.4 Å². The number of unbranched alkanes of at least 4 members (excludes halogenated alkanes) is 6. The molecule has 0 saturated heterocycles. The van der Waals surface area contributed by atoms with E-state index in [2.05, 4.69) is 11.4 Å². The van der Waals surface area contributed by atoms with Crippen LogP contribution in [0.2, 0.25) is 0 Å². The molecule has 8 nitrogen and oxygen atoms in total. The van der Waals surface area contributed by atoms with Gasteiger partial charge in [-0.25, -0.2) is 4.57 Å². The molecule has 0 aliphatic rings. The molecule has 0 heterocycles. The maximum absolute atomic E-state index is 11.6. The second-order valence-electron chi connectivity index (χ2n) is 5.81. The van der Waals surface area contributed by atoms with Gasteiger partial charge in [0.2, 0.25) is 0 Å². The molecule has 3 N–H and O–H groups in total. The van der Waals surface area contributed by atoms with Crippen LogP contribution in [0.15, 0.2) is 0 Å². The smallest absolute Gasteiger partial charge is 0.458 e. The summed E-state index contributed by atoms with van der Waals surface area (Å²) in [4.78, 5) is 20.5. The van der Waals surface area contributed by atoms with E-state index in [9.17, 15) is 14.3 Å². The molecule has 150 valence electrons. The highest BCUT2D eigenvalue weighted by molar-refractivity contribution is 7.47. The standard InChI is InChI=1S/C16H34NO7P/c1-3-4-5-6-7-8-9-11-21-13-16(24-15(2)18)14-23-25(19,20)22-12-10-17/h16H,3-14,17H2,1-2H3,(H,19,20). The summed E-state index contributed by atoms with van der Waals surface area (Å²) in [6, 6.07) is 0. The summed E-state index contributed by atoms with van der Waals surface area (Å²) < 4.78 is 31.5. The number of hydrogen-bond acceptors (Lipinski definition) is 7. The molecule has 2 unspecified atom stereocenters. The molecule has 0 aliphatic carbocycles. The van der Waals surface area contributed by atoms with Crippen LogP contribution < -0.4 is 5.73 Å². The SMILES string of the molecule is CCCCCCCCCOCC(COP(=O)(O)OCCN)OC(C)=O. The Hall–Kier alpha value is -0.500. The van der Waals surface area contributed by atoms with Crippen LogP contribution in [0.5, 0.6) is 0 Å². The number of carbonyl (C=O) groups excluding carboxylic acids is 1. The Morgan fingerprint density at radius 3 is 2.28 bits per heavy atom. The predicted octanol–water partition coefficient (Wildman–Crippen LogP) is 2.78. The molecule has 0 fully saturated rings. The van der Waals surface area contributed by atoms with Crippen molar-refractivity contribution in [3.8, 4) is 0 Å². The van der Waals surface area contributed by atoms with Gasteiger partial charge in [0.25, 0.3) is 0 Å². The van der Waals surface area contributed by atoms with E-state index in [0.717, 1.165) is 12.8 Å². The fourth-order valence-electron chi connectivity index (χ4n) is 2.11. The fourth-order valence-corrected chi connectivity index (χ4v) is 2.87. The van der Waals surface area contributed by atoms with E-state index in [1.807, 2.05) is 0 Å². The quantitative estimate of drug-likeness (QED) is 0.224. The predicted molar refractivity (Wildman–Crippen MR) is 95.1 cm³/mol. The van der Waals surface area contributed by atoms with Crippen LogP contribution in [0.3, 0.4) is 0 Å². The Kier molecular flexibility index (Phi) is 15.4. The van der Waals surface area contributed by atoms with E-state index in [0.29, 0.717) is 6.61 Å². The van der Waals surface area contributed by atoms with E-state index in [1.54, 1.807) is 0 Å². The van der Waals surface area contributed by atoms with Crippen molar-refractivity contribution in [2.24, 2.45) is 5.73 Å². The molecule has 25 heavy (non-hydrogen) atoms. The van der Waals surface area contributed by atoms with E-state index < -0.39 is 19.9 Å². The first-order valence-electron chi connectivity index (χ1n) is 8.98. The number of nitrogens with two attached hydrogens (primary N) is 1. The third-order valence-electron chi connectivity index (χ3n) is 3.32. The van der Waals surface area contributed by atoms with Crippen molar-refractivity contribution in [3.63, 3.8) is 0 Å². The molecule has 0 rings (SSSR count). The van der Waals surface area contributed by atoms with Crippen LogP contribution >= 0.6 is 7.82 Å². The molecule has 2 atom stereocenters. The molecule has 0 bridgehead atoms. The lowest BCUT2D eigenvalue weighted by atomic mass is 10.1. The number of phosphoric acid groups is 1. The van der Waals surface area contributed by atoms with Crippen LogP contribution in [0.25, 0.3) is 0 Å². The molecule has 0 aliphatic heterocycles. The van der Waals surface area contributed by atoms with Crippen molar-refractivity contribution >= 4 is 13.8 Å². The summed E-state index contributed by atoms with van der Waals surface area (Å²) >= 11 is 0. The second-order valence-corrected chi connectivity index (χ2v) is 7.27. The van der Waals surface area contributed by atoms with Gasteiger partial charge in [0.15, 0.2) is 0 Å². The fraction of sp³-hybridized carbons (Fsp3) is 0.938. The first kappa shape index (κ1) is 24.5. The average molecular weight is 383 g/mol. The zero-order valence-electron chi connectivity index (χ0n) is 15.5. The number of ether oxygens (including phenoxy) is 2. The van der Waals surface area contributed by atoms with Gasteiger partial charge in [0.1, 0.15) is 6.10 Å². The van der Waals surface area contributed by atoms with E-state index in [1.165, 1.54) is 39.0 Å². The first-order chi connectivity index (χ1) is 11.9. The average Bonchev–Trinajstić information content (AvgIpc) is 2.56. The van der Waals surface area contributed by atoms with Gasteiger partial charge < -0.3 is 20.1 Å². The number of carbonyl (C=O) groups is 1. The van der Waals surface area contributed by atoms with Crippen LogP contribution in [-0.2, 0) is 27.9 Å². The molecule has 0 spiro atoms. The second kappa shape index (κ2) is 15.7. The molecule has 9 heteroatoms. The topological polar surface area (TPSA) is 117 Å². The lowest BCUT2D eigenvalue weighted by molar-refractivity contribution is -0.151. The molecule has 0 saturated carbocycles. The van der Waals surface area contributed by atoms with Gasteiger partial charge in [-0.15, -0.1) is 0 Å². The molecule has 0 aromatic carbocycles.